The lowest BCUT2D eigenvalue weighted by atomic mass is 10.1. The second-order valence-corrected chi connectivity index (χ2v) is 5.24. The van der Waals surface area contributed by atoms with Crippen LogP contribution in [0.25, 0.3) is 0 Å². The second-order valence-electron chi connectivity index (χ2n) is 5.24. The molecule has 1 atom stereocenters. The number of carboxylic acids is 1. The van der Waals surface area contributed by atoms with E-state index in [1.807, 2.05) is 0 Å². The number of rotatable bonds is 3. The van der Waals surface area contributed by atoms with Crippen LogP contribution < -0.4 is 0 Å². The van der Waals surface area contributed by atoms with Gasteiger partial charge in [0.15, 0.2) is 6.04 Å². The molecular formula is C14H19NO4. The van der Waals surface area contributed by atoms with Gasteiger partial charge in [-0.2, -0.15) is 0 Å². The van der Waals surface area contributed by atoms with E-state index in [9.17, 15) is 14.7 Å². The summed E-state index contributed by atoms with van der Waals surface area (Å²) < 4.78 is 5.18. The Morgan fingerprint density at radius 3 is 2.16 bits per heavy atom. The van der Waals surface area contributed by atoms with E-state index >= 15 is 0 Å². The average Bonchev–Trinajstić information content (AvgIpc) is 2.27. The predicted molar refractivity (Wildman–Crippen MR) is 70.8 cm³/mol. The van der Waals surface area contributed by atoms with E-state index in [2.05, 4.69) is 0 Å². The van der Waals surface area contributed by atoms with Crippen LogP contribution >= 0.6 is 0 Å². The average molecular weight is 265 g/mol. The second kappa shape index (κ2) is 5.73. The zero-order valence-corrected chi connectivity index (χ0v) is 11.6. The van der Waals surface area contributed by atoms with Crippen molar-refractivity contribution in [3.05, 3.63) is 35.9 Å². The summed E-state index contributed by atoms with van der Waals surface area (Å²) in [5.74, 6) is -1.10. The Morgan fingerprint density at radius 2 is 1.74 bits per heavy atom. The van der Waals surface area contributed by atoms with Crippen molar-refractivity contribution >= 4 is 12.1 Å². The van der Waals surface area contributed by atoms with Gasteiger partial charge in [0.1, 0.15) is 5.60 Å². The summed E-state index contributed by atoms with van der Waals surface area (Å²) in [6.07, 6.45) is -0.663. The van der Waals surface area contributed by atoms with Crippen molar-refractivity contribution in [2.24, 2.45) is 0 Å². The first-order chi connectivity index (χ1) is 8.72. The first kappa shape index (κ1) is 15.0. The molecule has 0 bridgehead atoms. The molecule has 0 saturated heterocycles. The number of amides is 1. The van der Waals surface area contributed by atoms with E-state index < -0.39 is 23.7 Å². The summed E-state index contributed by atoms with van der Waals surface area (Å²) in [5, 5.41) is 9.29. The molecule has 5 heteroatoms. The Balaban J connectivity index is 2.95. The van der Waals surface area contributed by atoms with E-state index in [1.165, 1.54) is 7.05 Å². The number of nitrogens with zero attached hydrogens (tertiary/aromatic N) is 1. The van der Waals surface area contributed by atoms with Crippen LogP contribution in [0.3, 0.4) is 0 Å². The fourth-order valence-corrected chi connectivity index (χ4v) is 1.61. The lowest BCUT2D eigenvalue weighted by molar-refractivity contribution is -0.142. The van der Waals surface area contributed by atoms with Crippen molar-refractivity contribution in [3.63, 3.8) is 0 Å². The Hall–Kier alpha value is -2.04. The minimum atomic E-state index is -1.10. The topological polar surface area (TPSA) is 66.8 Å². The number of benzene rings is 1. The van der Waals surface area contributed by atoms with Gasteiger partial charge in [0, 0.05) is 7.05 Å². The van der Waals surface area contributed by atoms with Gasteiger partial charge < -0.3 is 9.84 Å². The van der Waals surface area contributed by atoms with Gasteiger partial charge in [-0.25, -0.2) is 9.59 Å². The van der Waals surface area contributed by atoms with Crippen LogP contribution in [0.1, 0.15) is 32.4 Å². The quantitative estimate of drug-likeness (QED) is 0.912. The zero-order valence-electron chi connectivity index (χ0n) is 11.6. The molecule has 0 aromatic heterocycles. The largest absolute Gasteiger partial charge is 0.479 e. The van der Waals surface area contributed by atoms with Crippen molar-refractivity contribution in [3.8, 4) is 0 Å². The normalized spacial score (nSPS) is 12.6. The molecule has 0 aliphatic carbocycles. The highest BCUT2D eigenvalue weighted by Crippen LogP contribution is 2.21. The van der Waals surface area contributed by atoms with Crippen molar-refractivity contribution in [1.82, 2.24) is 4.90 Å². The van der Waals surface area contributed by atoms with Gasteiger partial charge in [0.2, 0.25) is 0 Å². The highest BCUT2D eigenvalue weighted by Gasteiger charge is 2.31. The molecule has 1 aromatic carbocycles. The number of carbonyl (C=O) groups excluding carboxylic acids is 1. The van der Waals surface area contributed by atoms with Gasteiger partial charge in [-0.05, 0) is 26.3 Å². The number of hydrogen-bond donors (Lipinski definition) is 1. The van der Waals surface area contributed by atoms with Crippen LogP contribution in [0.4, 0.5) is 4.79 Å². The fraction of sp³-hybridized carbons (Fsp3) is 0.429. The highest BCUT2D eigenvalue weighted by atomic mass is 16.6. The summed E-state index contributed by atoms with van der Waals surface area (Å²) in [7, 11) is 1.42. The van der Waals surface area contributed by atoms with Crippen LogP contribution in [0.2, 0.25) is 0 Å². The van der Waals surface area contributed by atoms with Gasteiger partial charge in [-0.1, -0.05) is 30.3 Å². The molecule has 1 N–H and O–H groups in total. The molecule has 1 rings (SSSR count). The predicted octanol–water partition coefficient (Wildman–Crippen LogP) is 2.68. The summed E-state index contributed by atoms with van der Waals surface area (Å²) in [4.78, 5) is 24.4. The van der Waals surface area contributed by atoms with E-state index in [4.69, 9.17) is 4.74 Å². The lowest BCUT2D eigenvalue weighted by Crippen LogP contribution is -2.39. The van der Waals surface area contributed by atoms with Crippen LogP contribution in [0, 0.1) is 0 Å². The molecule has 1 aromatic rings. The standard InChI is InChI=1S/C14H19NO4/c1-14(2,3)19-13(18)15(4)11(12(16)17)10-8-6-5-7-9-10/h5-9,11H,1-4H3,(H,16,17). The Bertz CT molecular complexity index is 450. The number of carbonyl (C=O) groups is 2. The lowest BCUT2D eigenvalue weighted by Gasteiger charge is -2.28. The third kappa shape index (κ3) is 4.28. The first-order valence-electron chi connectivity index (χ1n) is 5.96. The van der Waals surface area contributed by atoms with Crippen LogP contribution in [-0.2, 0) is 9.53 Å². The van der Waals surface area contributed by atoms with E-state index in [1.54, 1.807) is 51.1 Å². The minimum Gasteiger partial charge on any atom is -0.479 e. The van der Waals surface area contributed by atoms with E-state index in [-0.39, 0.29) is 0 Å². The van der Waals surface area contributed by atoms with Crippen molar-refractivity contribution in [2.75, 3.05) is 7.05 Å². The minimum absolute atomic E-state index is 0.531. The summed E-state index contributed by atoms with van der Waals surface area (Å²) >= 11 is 0. The maximum atomic E-state index is 11.9. The van der Waals surface area contributed by atoms with Gasteiger partial charge in [-0.3, -0.25) is 4.90 Å². The molecule has 19 heavy (non-hydrogen) atoms. The summed E-state index contributed by atoms with van der Waals surface area (Å²) in [6.45, 7) is 5.20. The molecule has 0 fully saturated rings. The Kier molecular flexibility index (Phi) is 4.53. The maximum absolute atomic E-state index is 11.9. The van der Waals surface area contributed by atoms with Crippen LogP contribution in [0.5, 0.6) is 0 Å². The Labute approximate surface area is 112 Å². The van der Waals surface area contributed by atoms with E-state index in [0.717, 1.165) is 4.90 Å². The number of ether oxygens (including phenoxy) is 1. The molecule has 1 unspecified atom stereocenters. The molecule has 1 amide bonds. The first-order valence-corrected chi connectivity index (χ1v) is 5.96. The molecule has 5 nitrogen and oxygen atoms in total. The zero-order chi connectivity index (χ0) is 14.6. The van der Waals surface area contributed by atoms with Crippen molar-refractivity contribution in [2.45, 2.75) is 32.4 Å². The highest BCUT2D eigenvalue weighted by molar-refractivity contribution is 5.81. The van der Waals surface area contributed by atoms with Crippen LogP contribution in [-0.4, -0.2) is 34.7 Å². The van der Waals surface area contributed by atoms with Gasteiger partial charge >= 0.3 is 12.1 Å². The van der Waals surface area contributed by atoms with Gasteiger partial charge in [0.25, 0.3) is 0 Å². The monoisotopic (exact) mass is 265 g/mol. The number of hydrogen-bond acceptors (Lipinski definition) is 3. The third-order valence-corrected chi connectivity index (χ3v) is 2.42. The smallest absolute Gasteiger partial charge is 0.411 e. The molecule has 0 saturated carbocycles. The van der Waals surface area contributed by atoms with Gasteiger partial charge in [0.05, 0.1) is 0 Å². The summed E-state index contributed by atoms with van der Waals surface area (Å²) in [6, 6.07) is 7.52. The molecule has 104 valence electrons. The van der Waals surface area contributed by atoms with Crippen molar-refractivity contribution < 1.29 is 19.4 Å². The molecule has 0 radical (unpaired) electrons. The maximum Gasteiger partial charge on any atom is 0.411 e. The molecule has 0 spiro atoms. The summed E-state index contributed by atoms with van der Waals surface area (Å²) in [5.41, 5.74) is -0.131. The number of likely N-dealkylation sites (N-methyl/N-ethyl adjacent to an activating group) is 1. The number of aliphatic carboxylic acids is 1. The third-order valence-electron chi connectivity index (χ3n) is 2.42. The van der Waals surface area contributed by atoms with Gasteiger partial charge in [-0.15, -0.1) is 0 Å². The van der Waals surface area contributed by atoms with Crippen LogP contribution in [0.15, 0.2) is 30.3 Å². The fourth-order valence-electron chi connectivity index (χ4n) is 1.61. The Morgan fingerprint density at radius 1 is 1.21 bits per heavy atom. The van der Waals surface area contributed by atoms with Crippen molar-refractivity contribution in [1.29, 1.82) is 0 Å². The molecular weight excluding hydrogens is 246 g/mol. The molecule has 0 aliphatic rings. The number of carboxylic acid groups (broad SMARTS) is 1. The molecule has 0 aliphatic heterocycles. The molecule has 0 heterocycles. The van der Waals surface area contributed by atoms with E-state index in [0.29, 0.717) is 5.56 Å². The SMILES string of the molecule is CN(C(=O)OC(C)(C)C)C(C(=O)O)c1ccccc1.